The van der Waals surface area contributed by atoms with Gasteiger partial charge >= 0.3 is 0 Å². The second-order valence-electron chi connectivity index (χ2n) is 5.57. The molecule has 1 nitrogen and oxygen atoms in total. The van der Waals surface area contributed by atoms with E-state index in [0.29, 0.717) is 24.3 Å². The van der Waals surface area contributed by atoms with Crippen LogP contribution in [0.4, 0.5) is 8.78 Å². The SMILES string of the molecule is CCCC1CCC(=O)C(Cc2cc(F)cc(F)c2)C1. The Morgan fingerprint density at radius 3 is 2.53 bits per heavy atom. The maximum absolute atomic E-state index is 13.2. The van der Waals surface area contributed by atoms with Crippen LogP contribution < -0.4 is 0 Å². The van der Waals surface area contributed by atoms with Crippen molar-refractivity contribution >= 4 is 5.78 Å². The highest BCUT2D eigenvalue weighted by molar-refractivity contribution is 5.82. The van der Waals surface area contributed by atoms with Crippen LogP contribution in [0.25, 0.3) is 0 Å². The summed E-state index contributed by atoms with van der Waals surface area (Å²) in [6, 6.07) is 3.53. The summed E-state index contributed by atoms with van der Waals surface area (Å²) < 4.78 is 26.3. The molecule has 0 spiro atoms. The number of ketones is 1. The van der Waals surface area contributed by atoms with Gasteiger partial charge in [0.1, 0.15) is 17.4 Å². The predicted molar refractivity (Wildman–Crippen MR) is 70.8 cm³/mol. The van der Waals surface area contributed by atoms with E-state index in [1.165, 1.54) is 12.1 Å². The normalized spacial score (nSPS) is 23.6. The van der Waals surface area contributed by atoms with Crippen molar-refractivity contribution in [2.75, 3.05) is 0 Å². The Balaban J connectivity index is 2.05. The second-order valence-corrected chi connectivity index (χ2v) is 5.57. The van der Waals surface area contributed by atoms with Crippen molar-refractivity contribution in [1.82, 2.24) is 0 Å². The van der Waals surface area contributed by atoms with Crippen molar-refractivity contribution < 1.29 is 13.6 Å². The fraction of sp³-hybridized carbons (Fsp3) is 0.562. The monoisotopic (exact) mass is 266 g/mol. The molecular weight excluding hydrogens is 246 g/mol. The highest BCUT2D eigenvalue weighted by Crippen LogP contribution is 2.31. The summed E-state index contributed by atoms with van der Waals surface area (Å²) in [5.41, 5.74) is 0.591. The quantitative estimate of drug-likeness (QED) is 0.794. The van der Waals surface area contributed by atoms with Crippen molar-refractivity contribution in [1.29, 1.82) is 0 Å². The van der Waals surface area contributed by atoms with E-state index in [2.05, 4.69) is 6.92 Å². The molecule has 2 unspecified atom stereocenters. The molecule has 0 radical (unpaired) electrons. The lowest BCUT2D eigenvalue weighted by atomic mass is 9.76. The zero-order chi connectivity index (χ0) is 13.8. The molecule has 0 bridgehead atoms. The van der Waals surface area contributed by atoms with Gasteiger partial charge < -0.3 is 0 Å². The fourth-order valence-corrected chi connectivity index (χ4v) is 3.08. The predicted octanol–water partition coefficient (Wildman–Crippen LogP) is 4.29. The van der Waals surface area contributed by atoms with Crippen LogP contribution in [0.15, 0.2) is 18.2 Å². The number of Topliss-reactive ketones (excluding diaryl/α,β-unsaturated/α-hetero) is 1. The van der Waals surface area contributed by atoms with Gasteiger partial charge in [0.25, 0.3) is 0 Å². The van der Waals surface area contributed by atoms with Crippen LogP contribution in [0.2, 0.25) is 0 Å². The molecule has 1 aliphatic carbocycles. The smallest absolute Gasteiger partial charge is 0.136 e. The summed E-state index contributed by atoms with van der Waals surface area (Å²) in [5, 5.41) is 0. The first-order valence-electron chi connectivity index (χ1n) is 7.06. The van der Waals surface area contributed by atoms with E-state index in [0.717, 1.165) is 31.7 Å². The summed E-state index contributed by atoms with van der Waals surface area (Å²) >= 11 is 0. The van der Waals surface area contributed by atoms with E-state index in [9.17, 15) is 13.6 Å². The first-order chi connectivity index (χ1) is 9.08. The standard InChI is InChI=1S/C16H20F2O/c1-2-3-11-4-5-16(19)13(6-11)7-12-8-14(17)10-15(18)9-12/h8-11,13H,2-7H2,1H3. The lowest BCUT2D eigenvalue weighted by molar-refractivity contribution is -0.125. The Labute approximate surface area is 113 Å². The third kappa shape index (κ3) is 3.85. The van der Waals surface area contributed by atoms with Crippen LogP contribution in [0, 0.1) is 23.5 Å². The number of carbonyl (C=O) groups is 1. The fourth-order valence-electron chi connectivity index (χ4n) is 3.08. The minimum Gasteiger partial charge on any atom is -0.299 e. The van der Waals surface area contributed by atoms with Crippen LogP contribution in [-0.2, 0) is 11.2 Å². The van der Waals surface area contributed by atoms with Gasteiger partial charge in [0.2, 0.25) is 0 Å². The van der Waals surface area contributed by atoms with E-state index in [-0.39, 0.29) is 11.7 Å². The molecule has 0 aliphatic heterocycles. The molecule has 104 valence electrons. The third-order valence-electron chi connectivity index (χ3n) is 3.97. The molecule has 1 fully saturated rings. The first kappa shape index (κ1) is 14.2. The van der Waals surface area contributed by atoms with Gasteiger partial charge in [-0.15, -0.1) is 0 Å². The van der Waals surface area contributed by atoms with Gasteiger partial charge in [0.15, 0.2) is 0 Å². The zero-order valence-electron chi connectivity index (χ0n) is 11.3. The summed E-state index contributed by atoms with van der Waals surface area (Å²) in [6.45, 7) is 2.15. The zero-order valence-corrected chi connectivity index (χ0v) is 11.3. The molecule has 1 saturated carbocycles. The van der Waals surface area contributed by atoms with Crippen molar-refractivity contribution in [2.24, 2.45) is 11.8 Å². The van der Waals surface area contributed by atoms with Gasteiger partial charge in [-0.25, -0.2) is 8.78 Å². The lowest BCUT2D eigenvalue weighted by Gasteiger charge is -2.28. The van der Waals surface area contributed by atoms with E-state index >= 15 is 0 Å². The molecule has 1 aliphatic rings. The van der Waals surface area contributed by atoms with Crippen molar-refractivity contribution in [2.45, 2.75) is 45.4 Å². The van der Waals surface area contributed by atoms with Gasteiger partial charge in [-0.3, -0.25) is 4.79 Å². The average Bonchev–Trinajstić information content (AvgIpc) is 2.32. The molecule has 0 heterocycles. The maximum Gasteiger partial charge on any atom is 0.136 e. The molecule has 1 aromatic rings. The number of hydrogen-bond acceptors (Lipinski definition) is 1. The summed E-state index contributed by atoms with van der Waals surface area (Å²) in [5.74, 6) is -0.360. The number of halogens is 2. The molecule has 0 aromatic heterocycles. The van der Waals surface area contributed by atoms with Crippen LogP contribution in [0.1, 0.15) is 44.6 Å². The van der Waals surface area contributed by atoms with Gasteiger partial charge in [0, 0.05) is 18.4 Å². The number of benzene rings is 1. The molecule has 2 rings (SSSR count). The third-order valence-corrected chi connectivity index (χ3v) is 3.97. The van der Waals surface area contributed by atoms with Gasteiger partial charge in [0.05, 0.1) is 0 Å². The Morgan fingerprint density at radius 2 is 1.89 bits per heavy atom. The van der Waals surface area contributed by atoms with E-state index < -0.39 is 11.6 Å². The largest absolute Gasteiger partial charge is 0.299 e. The van der Waals surface area contributed by atoms with Crippen molar-refractivity contribution in [3.05, 3.63) is 35.4 Å². The molecule has 0 amide bonds. The molecule has 19 heavy (non-hydrogen) atoms. The molecule has 0 saturated heterocycles. The number of rotatable bonds is 4. The summed E-state index contributed by atoms with van der Waals surface area (Å²) in [7, 11) is 0. The molecule has 1 aromatic carbocycles. The Hall–Kier alpha value is -1.25. The lowest BCUT2D eigenvalue weighted by Crippen LogP contribution is -2.26. The van der Waals surface area contributed by atoms with Crippen LogP contribution in [0.3, 0.4) is 0 Å². The minimum absolute atomic E-state index is 0.0634. The summed E-state index contributed by atoms with van der Waals surface area (Å²) in [4.78, 5) is 11.9. The summed E-state index contributed by atoms with van der Waals surface area (Å²) in [6.07, 6.45) is 5.19. The minimum atomic E-state index is -0.566. The van der Waals surface area contributed by atoms with Crippen LogP contribution >= 0.6 is 0 Å². The molecular formula is C16H20F2O. The van der Waals surface area contributed by atoms with Crippen LogP contribution in [0.5, 0.6) is 0 Å². The highest BCUT2D eigenvalue weighted by atomic mass is 19.1. The van der Waals surface area contributed by atoms with Gasteiger partial charge in [-0.1, -0.05) is 19.8 Å². The van der Waals surface area contributed by atoms with E-state index in [4.69, 9.17) is 0 Å². The van der Waals surface area contributed by atoms with Crippen molar-refractivity contribution in [3.63, 3.8) is 0 Å². The molecule has 2 atom stereocenters. The van der Waals surface area contributed by atoms with Crippen LogP contribution in [-0.4, -0.2) is 5.78 Å². The van der Waals surface area contributed by atoms with Gasteiger partial charge in [-0.2, -0.15) is 0 Å². The topological polar surface area (TPSA) is 17.1 Å². The number of hydrogen-bond donors (Lipinski definition) is 0. The maximum atomic E-state index is 13.2. The second kappa shape index (κ2) is 6.27. The highest BCUT2D eigenvalue weighted by Gasteiger charge is 2.28. The number of carbonyl (C=O) groups excluding carboxylic acids is 1. The Kier molecular flexibility index (Phi) is 4.67. The average molecular weight is 266 g/mol. The van der Waals surface area contributed by atoms with E-state index in [1.54, 1.807) is 0 Å². The van der Waals surface area contributed by atoms with Gasteiger partial charge in [-0.05, 0) is 42.9 Å². The first-order valence-corrected chi connectivity index (χ1v) is 7.06. The molecule has 0 N–H and O–H groups in total. The van der Waals surface area contributed by atoms with Crippen molar-refractivity contribution in [3.8, 4) is 0 Å². The Morgan fingerprint density at radius 1 is 1.21 bits per heavy atom. The Bertz CT molecular complexity index is 436. The van der Waals surface area contributed by atoms with E-state index in [1.807, 2.05) is 0 Å². The molecule has 3 heteroatoms.